The highest BCUT2D eigenvalue weighted by atomic mass is 35.5. The molecule has 4 rings (SSSR count). The summed E-state index contributed by atoms with van der Waals surface area (Å²) in [6.45, 7) is 0. The van der Waals surface area contributed by atoms with Crippen molar-refractivity contribution in [3.05, 3.63) is 59.5 Å². The van der Waals surface area contributed by atoms with Crippen molar-refractivity contribution >= 4 is 45.5 Å². The summed E-state index contributed by atoms with van der Waals surface area (Å²) in [6.07, 6.45) is 3.12. The summed E-state index contributed by atoms with van der Waals surface area (Å²) in [7, 11) is 0. The van der Waals surface area contributed by atoms with E-state index in [0.717, 1.165) is 4.90 Å². The molecule has 4 aromatic rings. The van der Waals surface area contributed by atoms with Gasteiger partial charge < -0.3 is 5.11 Å². The molecule has 1 aromatic carbocycles. The van der Waals surface area contributed by atoms with Crippen LogP contribution in [-0.2, 0) is 0 Å². The molecule has 0 amide bonds. The first kappa shape index (κ1) is 14.8. The lowest BCUT2D eigenvalue weighted by atomic mass is 10.2. The van der Waals surface area contributed by atoms with Gasteiger partial charge in [-0.3, -0.25) is 3.97 Å². The molecule has 0 aliphatic heterocycles. The van der Waals surface area contributed by atoms with E-state index in [0.29, 0.717) is 27.0 Å². The lowest BCUT2D eigenvalue weighted by molar-refractivity contribution is 0.477. The fourth-order valence-electron chi connectivity index (χ4n) is 2.56. The fraction of sp³-hybridized carbons (Fsp3) is 0. The molecule has 0 aliphatic carbocycles. The maximum Gasteiger partial charge on any atom is 0.183 e. The van der Waals surface area contributed by atoms with Crippen LogP contribution < -0.4 is 0 Å². The van der Waals surface area contributed by atoms with Crippen molar-refractivity contribution in [1.29, 1.82) is 5.26 Å². The van der Waals surface area contributed by atoms with Crippen LogP contribution >= 0.6 is 23.5 Å². The summed E-state index contributed by atoms with van der Waals surface area (Å²) in [6, 6.07) is 13.4. The normalized spacial score (nSPS) is 11.0. The van der Waals surface area contributed by atoms with Crippen LogP contribution in [0.1, 0.15) is 5.69 Å². The van der Waals surface area contributed by atoms with Crippen LogP contribution in [0.15, 0.2) is 53.7 Å². The number of hydrogen-bond acceptors (Lipinski definition) is 5. The van der Waals surface area contributed by atoms with Crippen molar-refractivity contribution in [3.8, 4) is 11.8 Å². The molecule has 0 radical (unpaired) electrons. The van der Waals surface area contributed by atoms with Crippen LogP contribution in [0, 0.1) is 11.3 Å². The molecule has 3 aromatic heterocycles. The van der Waals surface area contributed by atoms with E-state index >= 15 is 0 Å². The summed E-state index contributed by atoms with van der Waals surface area (Å²) in [5, 5.41) is 21.2. The van der Waals surface area contributed by atoms with Crippen LogP contribution in [0.2, 0.25) is 5.02 Å². The number of aromatic nitrogens is 3. The zero-order chi connectivity index (χ0) is 16.7. The molecule has 0 atom stereocenters. The van der Waals surface area contributed by atoms with Gasteiger partial charge in [-0.05, 0) is 30.1 Å². The van der Waals surface area contributed by atoms with Crippen molar-refractivity contribution in [2.45, 2.75) is 4.90 Å². The van der Waals surface area contributed by atoms with Crippen LogP contribution in [0.4, 0.5) is 0 Å². The lowest BCUT2D eigenvalue weighted by Crippen LogP contribution is -1.90. The first-order chi connectivity index (χ1) is 11.7. The zero-order valence-electron chi connectivity index (χ0n) is 12.1. The van der Waals surface area contributed by atoms with Crippen LogP contribution in [0.5, 0.6) is 5.75 Å². The second-order valence-corrected chi connectivity index (χ2v) is 6.51. The molecular formula is C17H9ClN4OS. The van der Waals surface area contributed by atoms with Gasteiger partial charge in [0.25, 0.3) is 0 Å². The van der Waals surface area contributed by atoms with Gasteiger partial charge in [0.05, 0.1) is 22.1 Å². The smallest absolute Gasteiger partial charge is 0.183 e. The second kappa shape index (κ2) is 5.71. The minimum absolute atomic E-state index is 0.0220. The number of rotatable bonds is 2. The van der Waals surface area contributed by atoms with Gasteiger partial charge in [-0.15, -0.1) is 0 Å². The predicted octanol–water partition coefficient (Wildman–Crippen LogP) is 4.37. The van der Waals surface area contributed by atoms with E-state index in [2.05, 4.69) is 9.97 Å². The largest absolute Gasteiger partial charge is 0.504 e. The van der Waals surface area contributed by atoms with Crippen molar-refractivity contribution in [3.63, 3.8) is 0 Å². The number of halogens is 1. The molecule has 5 nitrogen and oxygen atoms in total. The van der Waals surface area contributed by atoms with Crippen molar-refractivity contribution in [2.75, 3.05) is 0 Å². The Morgan fingerprint density at radius 2 is 1.96 bits per heavy atom. The van der Waals surface area contributed by atoms with Gasteiger partial charge in [-0.1, -0.05) is 29.8 Å². The van der Waals surface area contributed by atoms with Gasteiger partial charge in [-0.25, -0.2) is 9.97 Å². The molecule has 116 valence electrons. The van der Waals surface area contributed by atoms with E-state index in [-0.39, 0.29) is 11.4 Å². The van der Waals surface area contributed by atoms with Gasteiger partial charge in [0.2, 0.25) is 0 Å². The van der Waals surface area contributed by atoms with Gasteiger partial charge in [0, 0.05) is 16.5 Å². The number of hydrogen-bond donors (Lipinski definition) is 1. The van der Waals surface area contributed by atoms with Gasteiger partial charge in [0.15, 0.2) is 17.1 Å². The molecule has 0 fully saturated rings. The molecule has 24 heavy (non-hydrogen) atoms. The van der Waals surface area contributed by atoms with Crippen molar-refractivity contribution in [1.82, 2.24) is 13.9 Å². The van der Waals surface area contributed by atoms with Crippen LogP contribution in [-0.4, -0.2) is 19.0 Å². The van der Waals surface area contributed by atoms with E-state index < -0.39 is 0 Å². The Balaban J connectivity index is 2.08. The summed E-state index contributed by atoms with van der Waals surface area (Å²) in [5.41, 5.74) is 1.30. The van der Waals surface area contributed by atoms with E-state index in [1.807, 2.05) is 40.4 Å². The third kappa shape index (κ3) is 2.26. The summed E-state index contributed by atoms with van der Waals surface area (Å²) in [5.74, 6) is -0.156. The third-order valence-corrected chi connectivity index (χ3v) is 4.83. The standard InChI is InChI=1S/C17H9ClN4OS/c18-10-6-12-15-14(9-20-13(7-19)16(15)23)22(17(12)21-8-10)24-11-4-2-1-3-5-11/h1-6,8-9,23H. The maximum absolute atomic E-state index is 10.4. The van der Waals surface area contributed by atoms with E-state index in [9.17, 15) is 5.11 Å². The number of nitrogens with zero attached hydrogens (tertiary/aromatic N) is 4. The molecule has 0 unspecified atom stereocenters. The van der Waals surface area contributed by atoms with E-state index in [1.54, 1.807) is 18.5 Å². The van der Waals surface area contributed by atoms with E-state index in [4.69, 9.17) is 16.9 Å². The molecule has 0 spiro atoms. The molecule has 0 aliphatic rings. The first-order valence-electron chi connectivity index (χ1n) is 7.00. The predicted molar refractivity (Wildman–Crippen MR) is 94.1 cm³/mol. The molecular weight excluding hydrogens is 344 g/mol. The Bertz CT molecular complexity index is 1120. The third-order valence-electron chi connectivity index (χ3n) is 3.59. The number of aromatic hydroxyl groups is 1. The quantitative estimate of drug-likeness (QED) is 0.579. The van der Waals surface area contributed by atoms with Crippen molar-refractivity contribution < 1.29 is 5.11 Å². The molecule has 1 N–H and O–H groups in total. The summed E-state index contributed by atoms with van der Waals surface area (Å²) >= 11 is 7.53. The number of nitriles is 1. The number of benzene rings is 1. The molecule has 0 bridgehead atoms. The molecule has 0 saturated heterocycles. The first-order valence-corrected chi connectivity index (χ1v) is 8.15. The van der Waals surface area contributed by atoms with Crippen LogP contribution in [0.3, 0.4) is 0 Å². The molecule has 0 saturated carbocycles. The Hall–Kier alpha value is -2.75. The second-order valence-electron chi connectivity index (χ2n) is 5.05. The maximum atomic E-state index is 10.4. The molecule has 7 heteroatoms. The average molecular weight is 353 g/mol. The van der Waals surface area contributed by atoms with Gasteiger partial charge >= 0.3 is 0 Å². The number of fused-ring (bicyclic) bond motifs is 3. The highest BCUT2D eigenvalue weighted by Gasteiger charge is 2.19. The Kier molecular flexibility index (Phi) is 3.53. The zero-order valence-corrected chi connectivity index (χ0v) is 13.7. The Labute approximate surface area is 146 Å². The van der Waals surface area contributed by atoms with Crippen molar-refractivity contribution in [2.24, 2.45) is 0 Å². The fourth-order valence-corrected chi connectivity index (χ4v) is 3.68. The highest BCUT2D eigenvalue weighted by molar-refractivity contribution is 7.98. The SMILES string of the molecule is N#Cc1ncc2c(c1O)c1cc(Cl)cnc1n2Sc1ccccc1. The topological polar surface area (TPSA) is 74.7 Å². The highest BCUT2D eigenvalue weighted by Crippen LogP contribution is 2.39. The summed E-state index contributed by atoms with van der Waals surface area (Å²) < 4.78 is 1.88. The molecule has 3 heterocycles. The Morgan fingerprint density at radius 1 is 1.17 bits per heavy atom. The van der Waals surface area contributed by atoms with E-state index in [1.165, 1.54) is 11.9 Å². The monoisotopic (exact) mass is 352 g/mol. The Morgan fingerprint density at radius 3 is 2.71 bits per heavy atom. The lowest BCUT2D eigenvalue weighted by Gasteiger charge is -2.05. The van der Waals surface area contributed by atoms with Gasteiger partial charge in [-0.2, -0.15) is 5.26 Å². The average Bonchev–Trinajstić information content (AvgIpc) is 2.90. The number of pyridine rings is 2. The van der Waals surface area contributed by atoms with Crippen LogP contribution in [0.25, 0.3) is 21.9 Å². The minimum atomic E-state index is -0.156. The summed E-state index contributed by atoms with van der Waals surface area (Å²) in [4.78, 5) is 9.45. The van der Waals surface area contributed by atoms with Gasteiger partial charge in [0.1, 0.15) is 6.07 Å². The minimum Gasteiger partial charge on any atom is -0.504 e.